The van der Waals surface area contributed by atoms with Crippen LogP contribution in [-0.4, -0.2) is 35.6 Å². The molecule has 3 N–H and O–H groups in total. The van der Waals surface area contributed by atoms with Crippen LogP contribution in [0.15, 0.2) is 0 Å². The standard InChI is InChI=1S/C11H20N2O3/c1-3-4-8-5-9(8)12-6-10(11(15)16)13-7(2)14/h8-10,12H,3-6H2,1-2H3,(H,13,14)(H,15,16). The highest BCUT2D eigenvalue weighted by Crippen LogP contribution is 2.34. The molecule has 0 aromatic rings. The second-order valence-corrected chi connectivity index (χ2v) is 4.39. The van der Waals surface area contributed by atoms with E-state index in [1.54, 1.807) is 0 Å². The maximum atomic E-state index is 10.8. The third kappa shape index (κ3) is 4.18. The van der Waals surface area contributed by atoms with Gasteiger partial charge in [-0.2, -0.15) is 0 Å². The molecule has 0 heterocycles. The van der Waals surface area contributed by atoms with E-state index in [1.165, 1.54) is 13.3 Å². The summed E-state index contributed by atoms with van der Waals surface area (Å²) in [7, 11) is 0. The minimum Gasteiger partial charge on any atom is -0.480 e. The molecular formula is C11H20N2O3. The van der Waals surface area contributed by atoms with E-state index < -0.39 is 12.0 Å². The fourth-order valence-corrected chi connectivity index (χ4v) is 1.90. The van der Waals surface area contributed by atoms with Gasteiger partial charge in [0.2, 0.25) is 5.91 Å². The maximum Gasteiger partial charge on any atom is 0.327 e. The molecule has 1 rings (SSSR count). The first-order chi connectivity index (χ1) is 7.54. The van der Waals surface area contributed by atoms with Crippen molar-refractivity contribution in [3.63, 3.8) is 0 Å². The number of hydrogen-bond donors (Lipinski definition) is 3. The van der Waals surface area contributed by atoms with Crippen molar-refractivity contribution in [3.8, 4) is 0 Å². The fraction of sp³-hybridized carbons (Fsp3) is 0.818. The number of hydrogen-bond acceptors (Lipinski definition) is 3. The highest BCUT2D eigenvalue weighted by atomic mass is 16.4. The molecule has 1 amide bonds. The third-order valence-electron chi connectivity index (χ3n) is 2.84. The molecule has 16 heavy (non-hydrogen) atoms. The molecule has 92 valence electrons. The Labute approximate surface area is 95.6 Å². The Bertz CT molecular complexity index is 268. The van der Waals surface area contributed by atoms with Crippen LogP contribution in [-0.2, 0) is 9.59 Å². The summed E-state index contributed by atoms with van der Waals surface area (Å²) in [6.07, 6.45) is 3.48. The summed E-state index contributed by atoms with van der Waals surface area (Å²) < 4.78 is 0. The van der Waals surface area contributed by atoms with E-state index in [0.29, 0.717) is 18.5 Å². The molecule has 1 fully saturated rings. The van der Waals surface area contributed by atoms with E-state index in [2.05, 4.69) is 17.6 Å². The molecule has 3 atom stereocenters. The van der Waals surface area contributed by atoms with Gasteiger partial charge in [0, 0.05) is 19.5 Å². The lowest BCUT2D eigenvalue weighted by Gasteiger charge is -2.13. The molecule has 0 aromatic carbocycles. The molecule has 0 saturated heterocycles. The van der Waals surface area contributed by atoms with Gasteiger partial charge in [0.15, 0.2) is 0 Å². The lowest BCUT2D eigenvalue weighted by molar-refractivity contribution is -0.141. The van der Waals surface area contributed by atoms with E-state index in [0.717, 1.165) is 12.8 Å². The zero-order valence-electron chi connectivity index (χ0n) is 9.82. The minimum absolute atomic E-state index is 0.305. The number of rotatable bonds is 7. The Hall–Kier alpha value is -1.10. The molecule has 0 aliphatic heterocycles. The minimum atomic E-state index is -0.990. The summed E-state index contributed by atoms with van der Waals surface area (Å²) in [5.41, 5.74) is 0. The maximum absolute atomic E-state index is 10.8. The Morgan fingerprint density at radius 2 is 2.19 bits per heavy atom. The number of carboxylic acids is 1. The van der Waals surface area contributed by atoms with Crippen molar-refractivity contribution in [2.45, 2.75) is 45.2 Å². The molecule has 0 aromatic heterocycles. The molecular weight excluding hydrogens is 208 g/mol. The van der Waals surface area contributed by atoms with Gasteiger partial charge in [-0.1, -0.05) is 13.3 Å². The zero-order valence-corrected chi connectivity index (χ0v) is 9.82. The molecule has 3 unspecified atom stereocenters. The van der Waals surface area contributed by atoms with Crippen molar-refractivity contribution in [1.29, 1.82) is 0 Å². The van der Waals surface area contributed by atoms with Crippen LogP contribution in [0.3, 0.4) is 0 Å². The van der Waals surface area contributed by atoms with Crippen LogP contribution in [0.5, 0.6) is 0 Å². The molecule has 1 aliphatic carbocycles. The van der Waals surface area contributed by atoms with Crippen molar-refractivity contribution < 1.29 is 14.7 Å². The average Bonchev–Trinajstić information content (AvgIpc) is 2.91. The van der Waals surface area contributed by atoms with Gasteiger partial charge in [-0.25, -0.2) is 4.79 Å². The molecule has 5 heteroatoms. The van der Waals surface area contributed by atoms with Gasteiger partial charge in [0.05, 0.1) is 0 Å². The van der Waals surface area contributed by atoms with Crippen LogP contribution in [0.2, 0.25) is 0 Å². The molecule has 1 aliphatic rings. The zero-order chi connectivity index (χ0) is 12.1. The van der Waals surface area contributed by atoms with E-state index in [9.17, 15) is 9.59 Å². The highest BCUT2D eigenvalue weighted by Gasteiger charge is 2.36. The van der Waals surface area contributed by atoms with Crippen molar-refractivity contribution in [3.05, 3.63) is 0 Å². The first-order valence-electron chi connectivity index (χ1n) is 5.77. The van der Waals surface area contributed by atoms with E-state index in [-0.39, 0.29) is 5.91 Å². The van der Waals surface area contributed by atoms with Gasteiger partial charge in [0.1, 0.15) is 6.04 Å². The summed E-state index contributed by atoms with van der Waals surface area (Å²) in [6.45, 7) is 3.78. The second kappa shape index (κ2) is 5.84. The van der Waals surface area contributed by atoms with E-state index in [1.807, 2.05) is 0 Å². The number of carboxylic acid groups (broad SMARTS) is 1. The monoisotopic (exact) mass is 228 g/mol. The third-order valence-corrected chi connectivity index (χ3v) is 2.84. The number of aliphatic carboxylic acids is 1. The first kappa shape index (κ1) is 13.0. The molecule has 0 spiro atoms. The molecule has 1 saturated carbocycles. The SMILES string of the molecule is CCCC1CC1NCC(NC(C)=O)C(=O)O. The van der Waals surface area contributed by atoms with Crippen LogP contribution in [0.4, 0.5) is 0 Å². The van der Waals surface area contributed by atoms with Crippen LogP contribution in [0.1, 0.15) is 33.1 Å². The van der Waals surface area contributed by atoms with Gasteiger partial charge in [0.25, 0.3) is 0 Å². The largest absolute Gasteiger partial charge is 0.480 e. The van der Waals surface area contributed by atoms with Gasteiger partial charge in [-0.05, 0) is 18.8 Å². The van der Waals surface area contributed by atoms with Crippen molar-refractivity contribution in [1.82, 2.24) is 10.6 Å². The second-order valence-electron chi connectivity index (χ2n) is 4.39. The van der Waals surface area contributed by atoms with Crippen LogP contribution < -0.4 is 10.6 Å². The average molecular weight is 228 g/mol. The van der Waals surface area contributed by atoms with Crippen molar-refractivity contribution in [2.24, 2.45) is 5.92 Å². The van der Waals surface area contributed by atoms with E-state index >= 15 is 0 Å². The quantitative estimate of drug-likeness (QED) is 0.587. The normalized spacial score (nSPS) is 24.9. The lowest BCUT2D eigenvalue weighted by Crippen LogP contribution is -2.47. The van der Waals surface area contributed by atoms with Gasteiger partial charge in [-0.15, -0.1) is 0 Å². The predicted octanol–water partition coefficient (Wildman–Crippen LogP) is 0.354. The Kier molecular flexibility index (Phi) is 4.73. The predicted molar refractivity (Wildman–Crippen MR) is 60.0 cm³/mol. The van der Waals surface area contributed by atoms with Crippen LogP contribution >= 0.6 is 0 Å². The van der Waals surface area contributed by atoms with Gasteiger partial charge < -0.3 is 15.7 Å². The van der Waals surface area contributed by atoms with Gasteiger partial charge >= 0.3 is 5.97 Å². The van der Waals surface area contributed by atoms with E-state index in [4.69, 9.17) is 5.11 Å². The first-order valence-corrected chi connectivity index (χ1v) is 5.77. The smallest absolute Gasteiger partial charge is 0.327 e. The highest BCUT2D eigenvalue weighted by molar-refractivity contribution is 5.82. The summed E-state index contributed by atoms with van der Waals surface area (Å²) >= 11 is 0. The molecule has 0 radical (unpaired) electrons. The number of amides is 1. The Morgan fingerprint density at radius 3 is 2.69 bits per heavy atom. The summed E-state index contributed by atoms with van der Waals surface area (Å²) in [5, 5.41) is 14.5. The summed E-state index contributed by atoms with van der Waals surface area (Å²) in [5.74, 6) is -0.609. The lowest BCUT2D eigenvalue weighted by atomic mass is 10.2. The van der Waals surface area contributed by atoms with Crippen LogP contribution in [0, 0.1) is 5.92 Å². The van der Waals surface area contributed by atoms with Crippen LogP contribution in [0.25, 0.3) is 0 Å². The summed E-state index contributed by atoms with van der Waals surface area (Å²) in [4.78, 5) is 21.6. The molecule has 0 bridgehead atoms. The Balaban J connectivity index is 2.23. The number of carbonyl (C=O) groups is 2. The summed E-state index contributed by atoms with van der Waals surface area (Å²) in [6, 6.07) is -0.379. The Morgan fingerprint density at radius 1 is 1.50 bits per heavy atom. The van der Waals surface area contributed by atoms with Crippen molar-refractivity contribution in [2.75, 3.05) is 6.54 Å². The fourth-order valence-electron chi connectivity index (χ4n) is 1.90. The number of carbonyl (C=O) groups excluding carboxylic acids is 1. The number of nitrogens with one attached hydrogen (secondary N) is 2. The van der Waals surface area contributed by atoms with Crippen molar-refractivity contribution >= 4 is 11.9 Å². The van der Waals surface area contributed by atoms with Gasteiger partial charge in [-0.3, -0.25) is 4.79 Å². The topological polar surface area (TPSA) is 78.4 Å². The molecule has 5 nitrogen and oxygen atoms in total.